The van der Waals surface area contributed by atoms with Crippen LogP contribution in [0.4, 0.5) is 4.39 Å². The van der Waals surface area contributed by atoms with Gasteiger partial charge < -0.3 is 20.1 Å². The number of amides is 2. The lowest BCUT2D eigenvalue weighted by molar-refractivity contribution is -0.118. The maximum Gasteiger partial charge on any atom is 0.256 e. The molecule has 0 unspecified atom stereocenters. The van der Waals surface area contributed by atoms with Crippen LogP contribution in [0, 0.1) is 11.7 Å². The van der Waals surface area contributed by atoms with Crippen molar-refractivity contribution in [3.05, 3.63) is 94.6 Å². The number of carbonyl (C=O) groups is 2. The minimum Gasteiger partial charge on any atom is -0.368 e. The lowest BCUT2D eigenvalue weighted by atomic mass is 9.89. The van der Waals surface area contributed by atoms with Crippen molar-refractivity contribution in [2.75, 3.05) is 32.7 Å². The molecule has 8 heteroatoms. The molecule has 0 radical (unpaired) electrons. The molecule has 6 rings (SSSR count). The van der Waals surface area contributed by atoms with Crippen molar-refractivity contribution in [2.45, 2.75) is 31.7 Å². The van der Waals surface area contributed by atoms with Gasteiger partial charge in [-0.3, -0.25) is 9.59 Å². The molecule has 2 aliphatic heterocycles. The Hall–Kier alpha value is -3.49. The van der Waals surface area contributed by atoms with Crippen LogP contribution < -0.4 is 5.73 Å². The summed E-state index contributed by atoms with van der Waals surface area (Å²) in [6, 6.07) is 18.6. The number of primary amides is 1. The highest BCUT2D eigenvalue weighted by Crippen LogP contribution is 2.30. The van der Waals surface area contributed by atoms with Crippen LogP contribution in [-0.4, -0.2) is 58.9 Å². The fraction of sp³-hybridized carbons (Fsp3) is 0.355. The van der Waals surface area contributed by atoms with Crippen molar-refractivity contribution in [3.63, 3.8) is 0 Å². The van der Waals surface area contributed by atoms with Crippen LogP contribution in [0.25, 0.3) is 10.9 Å². The smallest absolute Gasteiger partial charge is 0.256 e. The number of halogens is 1. The third-order valence-corrected chi connectivity index (χ3v) is 8.42. The van der Waals surface area contributed by atoms with E-state index in [4.69, 9.17) is 5.73 Å². The van der Waals surface area contributed by atoms with E-state index in [1.807, 2.05) is 70.4 Å². The molecule has 1 atom stereocenters. The Morgan fingerprint density at radius 1 is 0.923 bits per heavy atom. The quantitative estimate of drug-likeness (QED) is 0.354. The summed E-state index contributed by atoms with van der Waals surface area (Å²) in [6.45, 7) is 4.64. The Kier molecular flexibility index (Phi) is 8.74. The molecule has 0 saturated carbocycles. The summed E-state index contributed by atoms with van der Waals surface area (Å²) in [6.07, 6.45) is 4.98. The fourth-order valence-electron chi connectivity index (χ4n) is 5.85. The first kappa shape index (κ1) is 27.1. The molecule has 4 aromatic rings. The van der Waals surface area contributed by atoms with E-state index in [1.165, 1.54) is 5.56 Å². The number of rotatable bonds is 6. The van der Waals surface area contributed by atoms with Crippen LogP contribution in [0.1, 0.15) is 41.1 Å². The molecule has 2 fully saturated rings. The number of likely N-dealkylation sites (tertiary alicyclic amines) is 2. The van der Waals surface area contributed by atoms with E-state index in [-0.39, 0.29) is 18.3 Å². The number of fused-ring (bicyclic) bond motifs is 1. The molecular weight excluding hydrogens is 511 g/mol. The van der Waals surface area contributed by atoms with Gasteiger partial charge in [0.05, 0.1) is 11.1 Å². The number of aromatic nitrogens is 1. The van der Waals surface area contributed by atoms with Gasteiger partial charge in [0.1, 0.15) is 12.4 Å². The molecule has 2 aliphatic rings. The first-order valence-corrected chi connectivity index (χ1v) is 14.5. The Bertz CT molecular complexity index is 1360. The molecule has 2 aromatic carbocycles. The number of benzene rings is 2. The number of nitrogens with zero attached hydrogens (tertiary/aromatic N) is 3. The molecule has 204 valence electrons. The Morgan fingerprint density at radius 2 is 1.67 bits per heavy atom. The monoisotopic (exact) mass is 546 g/mol. The zero-order chi connectivity index (χ0) is 27.2. The Balaban J connectivity index is 0.000000555. The predicted molar refractivity (Wildman–Crippen MR) is 154 cm³/mol. The van der Waals surface area contributed by atoms with Gasteiger partial charge in [0.15, 0.2) is 0 Å². The minimum absolute atomic E-state index is 0.0209. The normalized spacial score (nSPS) is 18.2. The summed E-state index contributed by atoms with van der Waals surface area (Å²) in [7, 11) is 0. The maximum atomic E-state index is 13.4. The third-order valence-electron chi connectivity index (χ3n) is 7.79. The summed E-state index contributed by atoms with van der Waals surface area (Å²) < 4.78 is 15.0. The van der Waals surface area contributed by atoms with Gasteiger partial charge in [-0.15, -0.1) is 0 Å². The zero-order valence-corrected chi connectivity index (χ0v) is 22.9. The molecule has 6 nitrogen and oxygen atoms in total. The lowest BCUT2D eigenvalue weighted by Crippen LogP contribution is -2.38. The van der Waals surface area contributed by atoms with Gasteiger partial charge in [0.2, 0.25) is 5.91 Å². The number of nitrogens with two attached hydrogens (primary N) is 1. The van der Waals surface area contributed by atoms with Crippen LogP contribution >= 0.6 is 11.3 Å². The maximum absolute atomic E-state index is 13.4. The van der Waals surface area contributed by atoms with Crippen molar-refractivity contribution >= 4 is 34.1 Å². The molecule has 0 spiro atoms. The Labute approximate surface area is 232 Å². The third kappa shape index (κ3) is 6.75. The molecular formula is C31H35FN4O2S. The van der Waals surface area contributed by atoms with E-state index in [1.54, 1.807) is 28.0 Å². The van der Waals surface area contributed by atoms with Crippen molar-refractivity contribution in [3.8, 4) is 0 Å². The van der Waals surface area contributed by atoms with Crippen LogP contribution in [0.3, 0.4) is 0 Å². The van der Waals surface area contributed by atoms with E-state index in [0.717, 1.165) is 62.9 Å². The predicted octanol–water partition coefficient (Wildman–Crippen LogP) is 5.36. The summed E-state index contributed by atoms with van der Waals surface area (Å²) in [4.78, 5) is 29.4. The lowest BCUT2D eigenvalue weighted by Gasteiger charge is -2.33. The van der Waals surface area contributed by atoms with Gasteiger partial charge in [-0.25, -0.2) is 4.39 Å². The molecule has 0 aliphatic carbocycles. The standard InChI is InChI=1S/C27H31FN4O2.C4H4S/c28-23-6-4-20(5-7-23)21-9-12-30(13-10-21)16-19-8-14-32(17-19)27(34)24-3-1-2-22-11-15-31(26(22)24)18-25(29)33;1-2-4-5-3-1/h1-7,11,15,19,21H,8-10,12-14,16-18H2,(H2,29,33);1-4H/t19-;/m1./s1. The van der Waals surface area contributed by atoms with E-state index in [9.17, 15) is 14.0 Å². The minimum atomic E-state index is -0.427. The van der Waals surface area contributed by atoms with Crippen molar-refractivity contribution in [1.29, 1.82) is 0 Å². The molecule has 2 amide bonds. The highest BCUT2D eigenvalue weighted by atomic mass is 32.1. The van der Waals surface area contributed by atoms with Gasteiger partial charge in [-0.2, -0.15) is 11.3 Å². The Morgan fingerprint density at radius 3 is 2.33 bits per heavy atom. The number of para-hydroxylation sites is 1. The van der Waals surface area contributed by atoms with Gasteiger partial charge in [-0.1, -0.05) is 36.4 Å². The van der Waals surface area contributed by atoms with Crippen molar-refractivity contribution < 1.29 is 14.0 Å². The summed E-state index contributed by atoms with van der Waals surface area (Å²) in [5, 5.41) is 5.02. The number of piperidine rings is 1. The van der Waals surface area contributed by atoms with Crippen LogP contribution in [0.5, 0.6) is 0 Å². The number of thiophene rings is 1. The van der Waals surface area contributed by atoms with Crippen LogP contribution in [-0.2, 0) is 11.3 Å². The average molecular weight is 547 g/mol. The largest absolute Gasteiger partial charge is 0.368 e. The first-order chi connectivity index (χ1) is 19.0. The highest BCUT2D eigenvalue weighted by molar-refractivity contribution is 7.07. The summed E-state index contributed by atoms with van der Waals surface area (Å²) in [5.74, 6) is 0.370. The SMILES string of the molecule is NC(=O)Cn1ccc2cccc(C(=O)N3CC[C@H](CN4CCC(c5ccc(F)cc5)CC4)C3)c21.c1ccsc1. The molecule has 2 N–H and O–H groups in total. The average Bonchev–Trinajstić information content (AvgIpc) is 3.73. The number of hydrogen-bond acceptors (Lipinski definition) is 4. The van der Waals surface area contributed by atoms with E-state index in [0.29, 0.717) is 17.4 Å². The van der Waals surface area contributed by atoms with Crippen molar-refractivity contribution in [1.82, 2.24) is 14.4 Å². The molecule has 2 aromatic heterocycles. The molecule has 2 saturated heterocycles. The molecule has 4 heterocycles. The van der Waals surface area contributed by atoms with Crippen LogP contribution in [0.15, 0.2) is 77.6 Å². The van der Waals surface area contributed by atoms with Gasteiger partial charge >= 0.3 is 0 Å². The second-order valence-corrected chi connectivity index (χ2v) is 11.3. The second-order valence-electron chi connectivity index (χ2n) is 10.5. The van der Waals surface area contributed by atoms with E-state index in [2.05, 4.69) is 4.90 Å². The van der Waals surface area contributed by atoms with Gasteiger partial charge in [0.25, 0.3) is 5.91 Å². The molecule has 0 bridgehead atoms. The second kappa shape index (κ2) is 12.6. The van der Waals surface area contributed by atoms with Gasteiger partial charge in [0, 0.05) is 31.2 Å². The zero-order valence-electron chi connectivity index (χ0n) is 22.0. The van der Waals surface area contributed by atoms with Crippen LogP contribution in [0.2, 0.25) is 0 Å². The van der Waals surface area contributed by atoms with E-state index >= 15 is 0 Å². The molecule has 39 heavy (non-hydrogen) atoms. The first-order valence-electron chi connectivity index (χ1n) is 13.6. The van der Waals surface area contributed by atoms with E-state index < -0.39 is 5.91 Å². The summed E-state index contributed by atoms with van der Waals surface area (Å²) in [5.41, 5.74) is 8.04. The van der Waals surface area contributed by atoms with Crippen molar-refractivity contribution in [2.24, 2.45) is 11.7 Å². The highest BCUT2D eigenvalue weighted by Gasteiger charge is 2.31. The topological polar surface area (TPSA) is 71.6 Å². The number of carbonyl (C=O) groups excluding carboxylic acids is 2. The van der Waals surface area contributed by atoms with Gasteiger partial charge in [-0.05, 0) is 84.8 Å². The summed E-state index contributed by atoms with van der Waals surface area (Å²) >= 11 is 1.71. The number of hydrogen-bond donors (Lipinski definition) is 1. The fourth-order valence-corrected chi connectivity index (χ4v) is 6.30.